The predicted molar refractivity (Wildman–Crippen MR) is 80.1 cm³/mol. The van der Waals surface area contributed by atoms with Crippen molar-refractivity contribution in [2.24, 2.45) is 11.7 Å². The molecule has 1 aromatic heterocycles. The summed E-state index contributed by atoms with van der Waals surface area (Å²) in [4.78, 5) is 0. The molecule has 0 amide bonds. The second kappa shape index (κ2) is 6.59. The second-order valence-electron chi connectivity index (χ2n) is 5.26. The normalized spacial score (nSPS) is 14.2. The van der Waals surface area contributed by atoms with Crippen molar-refractivity contribution in [3.63, 3.8) is 0 Å². The molecule has 0 aliphatic carbocycles. The number of aliphatic hydroxyl groups is 1. The first-order valence-electron chi connectivity index (χ1n) is 6.88. The van der Waals surface area contributed by atoms with Gasteiger partial charge in [-0.2, -0.15) is 0 Å². The highest BCUT2D eigenvalue weighted by Gasteiger charge is 2.19. The third-order valence-electron chi connectivity index (χ3n) is 3.37. The van der Waals surface area contributed by atoms with Crippen LogP contribution in [-0.4, -0.2) is 28.4 Å². The Morgan fingerprint density at radius 1 is 1.15 bits per heavy atom. The Balaban J connectivity index is 2.07. The molecule has 0 saturated heterocycles. The van der Waals surface area contributed by atoms with Crippen molar-refractivity contribution >= 4 is 0 Å². The van der Waals surface area contributed by atoms with Crippen molar-refractivity contribution in [1.82, 2.24) is 4.57 Å². The molecule has 0 bridgehead atoms. The minimum Gasteiger partial charge on any atom is -0.489 e. The summed E-state index contributed by atoms with van der Waals surface area (Å²) in [6, 6.07) is 11.4. The van der Waals surface area contributed by atoms with E-state index in [2.05, 4.69) is 0 Å². The average molecular weight is 274 g/mol. The summed E-state index contributed by atoms with van der Waals surface area (Å²) in [6.07, 6.45) is 3.24. The van der Waals surface area contributed by atoms with Gasteiger partial charge in [-0.15, -0.1) is 0 Å². The highest BCUT2D eigenvalue weighted by atomic mass is 16.5. The van der Waals surface area contributed by atoms with E-state index in [0.29, 0.717) is 0 Å². The number of aliphatic hydroxyl groups excluding tert-OH is 1. The maximum absolute atomic E-state index is 10.0. The molecule has 108 valence electrons. The lowest BCUT2D eigenvalue weighted by molar-refractivity contribution is 0.0715. The molecule has 0 radical (unpaired) electrons. The maximum Gasteiger partial charge on any atom is 0.143 e. The van der Waals surface area contributed by atoms with Crippen LogP contribution in [0.5, 0.6) is 5.75 Å². The molecule has 1 aromatic carbocycles. The van der Waals surface area contributed by atoms with E-state index < -0.39 is 6.10 Å². The smallest absolute Gasteiger partial charge is 0.143 e. The molecule has 1 heterocycles. The SMILES string of the molecule is CC(C)C(N)C(O)COc1ccccc1-n1cccc1. The molecule has 2 atom stereocenters. The van der Waals surface area contributed by atoms with Crippen LogP contribution in [0.25, 0.3) is 5.69 Å². The topological polar surface area (TPSA) is 60.4 Å². The van der Waals surface area contributed by atoms with Gasteiger partial charge in [-0.05, 0) is 30.2 Å². The highest BCUT2D eigenvalue weighted by Crippen LogP contribution is 2.22. The molecule has 3 N–H and O–H groups in total. The zero-order valence-corrected chi connectivity index (χ0v) is 11.9. The summed E-state index contributed by atoms with van der Waals surface area (Å²) in [5.74, 6) is 0.951. The fourth-order valence-electron chi connectivity index (χ4n) is 2.02. The standard InChI is InChI=1S/C16H22N2O2/c1-12(2)16(17)14(19)11-20-15-8-4-3-7-13(15)18-9-5-6-10-18/h3-10,12,14,16,19H,11,17H2,1-2H3. The van der Waals surface area contributed by atoms with Crippen molar-refractivity contribution < 1.29 is 9.84 Å². The van der Waals surface area contributed by atoms with Gasteiger partial charge in [0.05, 0.1) is 5.69 Å². The van der Waals surface area contributed by atoms with Crippen LogP contribution in [-0.2, 0) is 0 Å². The van der Waals surface area contributed by atoms with Crippen LogP contribution in [0.3, 0.4) is 0 Å². The monoisotopic (exact) mass is 274 g/mol. The number of para-hydroxylation sites is 2. The van der Waals surface area contributed by atoms with Gasteiger partial charge in [0.1, 0.15) is 18.5 Å². The van der Waals surface area contributed by atoms with E-state index in [4.69, 9.17) is 10.5 Å². The third kappa shape index (κ3) is 3.40. The number of rotatable bonds is 6. The lowest BCUT2D eigenvalue weighted by atomic mass is 10.0. The molecule has 2 rings (SSSR count). The van der Waals surface area contributed by atoms with E-state index in [1.807, 2.05) is 67.2 Å². The minimum absolute atomic E-state index is 0.192. The number of ether oxygens (including phenoxy) is 1. The van der Waals surface area contributed by atoms with E-state index in [1.165, 1.54) is 0 Å². The first kappa shape index (κ1) is 14.6. The molecule has 0 aliphatic heterocycles. The van der Waals surface area contributed by atoms with E-state index in [1.54, 1.807) is 0 Å². The maximum atomic E-state index is 10.0. The van der Waals surface area contributed by atoms with Gasteiger partial charge < -0.3 is 20.1 Å². The zero-order chi connectivity index (χ0) is 14.5. The molecule has 0 saturated carbocycles. The second-order valence-corrected chi connectivity index (χ2v) is 5.26. The number of aromatic nitrogens is 1. The Morgan fingerprint density at radius 2 is 1.80 bits per heavy atom. The van der Waals surface area contributed by atoms with Gasteiger partial charge in [0, 0.05) is 18.4 Å². The summed E-state index contributed by atoms with van der Waals surface area (Å²) in [5, 5.41) is 10.0. The van der Waals surface area contributed by atoms with E-state index >= 15 is 0 Å². The number of nitrogens with zero attached hydrogens (tertiary/aromatic N) is 1. The Hall–Kier alpha value is -1.78. The lowest BCUT2D eigenvalue weighted by Gasteiger charge is -2.23. The number of nitrogens with two attached hydrogens (primary N) is 1. The Labute approximate surface area is 119 Å². The summed E-state index contributed by atoms with van der Waals surface area (Å²) in [6.45, 7) is 4.17. The quantitative estimate of drug-likeness (QED) is 0.849. The molecular formula is C16H22N2O2. The number of hydrogen-bond donors (Lipinski definition) is 2. The first-order chi connectivity index (χ1) is 9.59. The summed E-state index contributed by atoms with van der Waals surface area (Å²) in [7, 11) is 0. The highest BCUT2D eigenvalue weighted by molar-refractivity contribution is 5.46. The van der Waals surface area contributed by atoms with E-state index in [0.717, 1.165) is 11.4 Å². The zero-order valence-electron chi connectivity index (χ0n) is 11.9. The molecule has 0 fully saturated rings. The molecule has 0 spiro atoms. The van der Waals surface area contributed by atoms with Gasteiger partial charge >= 0.3 is 0 Å². The molecular weight excluding hydrogens is 252 g/mol. The summed E-state index contributed by atoms with van der Waals surface area (Å²) < 4.78 is 7.72. The fraction of sp³-hybridized carbons (Fsp3) is 0.375. The molecule has 2 aromatic rings. The lowest BCUT2D eigenvalue weighted by Crippen LogP contribution is -2.42. The number of benzene rings is 1. The van der Waals surface area contributed by atoms with Crippen LogP contribution in [0, 0.1) is 5.92 Å². The van der Waals surface area contributed by atoms with Gasteiger partial charge in [-0.25, -0.2) is 0 Å². The van der Waals surface area contributed by atoms with Crippen LogP contribution in [0.15, 0.2) is 48.8 Å². The Morgan fingerprint density at radius 3 is 2.45 bits per heavy atom. The molecule has 2 unspecified atom stereocenters. The first-order valence-corrected chi connectivity index (χ1v) is 6.88. The van der Waals surface area contributed by atoms with E-state index in [9.17, 15) is 5.11 Å². The summed E-state index contributed by atoms with van der Waals surface area (Å²) >= 11 is 0. The van der Waals surface area contributed by atoms with Gasteiger partial charge in [0.15, 0.2) is 0 Å². The van der Waals surface area contributed by atoms with Crippen molar-refractivity contribution in [3.05, 3.63) is 48.8 Å². The van der Waals surface area contributed by atoms with Crippen LogP contribution in [0.1, 0.15) is 13.8 Å². The average Bonchev–Trinajstić information content (AvgIpc) is 2.98. The minimum atomic E-state index is -0.673. The largest absolute Gasteiger partial charge is 0.489 e. The van der Waals surface area contributed by atoms with Crippen molar-refractivity contribution in [2.45, 2.75) is 26.0 Å². The van der Waals surface area contributed by atoms with Crippen LogP contribution < -0.4 is 10.5 Å². The van der Waals surface area contributed by atoms with Crippen molar-refractivity contribution in [1.29, 1.82) is 0 Å². The fourth-order valence-corrected chi connectivity index (χ4v) is 2.02. The predicted octanol–water partition coefficient (Wildman–Crippen LogP) is 2.20. The third-order valence-corrected chi connectivity index (χ3v) is 3.37. The van der Waals surface area contributed by atoms with Crippen LogP contribution in [0.2, 0.25) is 0 Å². The van der Waals surface area contributed by atoms with Crippen molar-refractivity contribution in [3.8, 4) is 11.4 Å². The summed E-state index contributed by atoms with van der Waals surface area (Å²) in [5.41, 5.74) is 6.87. The van der Waals surface area contributed by atoms with Crippen LogP contribution >= 0.6 is 0 Å². The molecule has 4 heteroatoms. The Bertz CT molecular complexity index is 523. The molecule has 0 aliphatic rings. The van der Waals surface area contributed by atoms with Crippen molar-refractivity contribution in [2.75, 3.05) is 6.61 Å². The van der Waals surface area contributed by atoms with Gasteiger partial charge in [0.2, 0.25) is 0 Å². The Kier molecular flexibility index (Phi) is 4.82. The molecule has 4 nitrogen and oxygen atoms in total. The van der Waals surface area contributed by atoms with Gasteiger partial charge in [-0.1, -0.05) is 26.0 Å². The van der Waals surface area contributed by atoms with Gasteiger partial charge in [-0.3, -0.25) is 0 Å². The van der Waals surface area contributed by atoms with E-state index in [-0.39, 0.29) is 18.6 Å². The molecule has 20 heavy (non-hydrogen) atoms. The number of hydrogen-bond acceptors (Lipinski definition) is 3. The van der Waals surface area contributed by atoms with Crippen LogP contribution in [0.4, 0.5) is 0 Å². The van der Waals surface area contributed by atoms with Gasteiger partial charge in [0.25, 0.3) is 0 Å².